The summed E-state index contributed by atoms with van der Waals surface area (Å²) in [5, 5.41) is 88.4. The maximum absolute atomic E-state index is 12.2. The number of aryl methyl sites for hydroxylation is 4. The Morgan fingerprint density at radius 3 is 1.01 bits per heavy atom. The minimum atomic E-state index is -5.73. The summed E-state index contributed by atoms with van der Waals surface area (Å²) in [5.74, 6) is 0. The summed E-state index contributed by atoms with van der Waals surface area (Å²) in [7, 11) is -32.4. The van der Waals surface area contributed by atoms with Gasteiger partial charge in [-0.1, -0.05) is 0 Å². The second-order valence-corrected chi connectivity index (χ2v) is 34.5. The predicted molar refractivity (Wildman–Crippen MR) is 317 cm³/mol. The van der Waals surface area contributed by atoms with Gasteiger partial charge in [0, 0.05) is 47.0 Å². The first kappa shape index (κ1) is 83.8. The zero-order valence-corrected chi connectivity index (χ0v) is 57.6. The Bertz CT molecular complexity index is 4440. The van der Waals surface area contributed by atoms with Gasteiger partial charge in [0.1, 0.15) is 73.2 Å². The van der Waals surface area contributed by atoms with Crippen LogP contribution in [0.1, 0.15) is 47.2 Å². The molecule has 4 aromatic rings. The van der Waals surface area contributed by atoms with Crippen molar-refractivity contribution in [1.29, 1.82) is 0 Å². The Labute approximate surface area is 555 Å². The van der Waals surface area contributed by atoms with E-state index >= 15 is 0 Å². The molecule has 0 bridgehead atoms. The molecule has 9 rings (SSSR count). The molecule has 0 radical (unpaired) electrons. The summed E-state index contributed by atoms with van der Waals surface area (Å²) < 4.78 is 136. The van der Waals surface area contributed by atoms with Crippen LogP contribution < -0.4 is 45.0 Å². The molecule has 19 N–H and O–H groups in total. The molecular weight excluding hydrogens is 1550 g/mol. The van der Waals surface area contributed by atoms with Gasteiger partial charge in [-0.2, -0.15) is 21.6 Å². The van der Waals surface area contributed by atoms with Crippen molar-refractivity contribution in [2.24, 2.45) is 0 Å². The van der Waals surface area contributed by atoms with E-state index in [-0.39, 0.29) is 22.3 Å². The van der Waals surface area contributed by atoms with Gasteiger partial charge in [0.2, 0.25) is 0 Å². The third-order valence-electron chi connectivity index (χ3n) is 13.4. The van der Waals surface area contributed by atoms with E-state index < -0.39 is 223 Å². The van der Waals surface area contributed by atoms with E-state index in [1.165, 1.54) is 40.1 Å². The van der Waals surface area contributed by atoms with Gasteiger partial charge >= 0.3 is 75.8 Å². The number of hydrogen-bond donors (Lipinski definition) is 19. The fraction of sp³-hybridized carbons (Fsp3) is 0.600. The van der Waals surface area contributed by atoms with Crippen molar-refractivity contribution in [2.45, 2.75) is 126 Å². The van der Waals surface area contributed by atoms with Crippen LogP contribution in [0.3, 0.4) is 0 Å². The van der Waals surface area contributed by atoms with E-state index in [0.29, 0.717) is 0 Å². The first-order valence-electron chi connectivity index (χ1n) is 26.7. The Morgan fingerprint density at radius 1 is 0.444 bits per heavy atom. The van der Waals surface area contributed by atoms with Crippen LogP contribution in [0, 0.1) is 27.7 Å². The molecule has 99 heavy (non-hydrogen) atoms. The van der Waals surface area contributed by atoms with Crippen molar-refractivity contribution in [3.63, 3.8) is 0 Å². The Kier molecular flexibility index (Phi) is 27.5. The maximum Gasteiger partial charge on any atom is 0.492 e. The summed E-state index contributed by atoms with van der Waals surface area (Å²) in [4.78, 5) is 154. The molecule has 8 unspecified atom stereocenters. The largest absolute Gasteiger partial charge is 0.492 e. The maximum atomic E-state index is 12.2. The molecule has 9 heterocycles. The average molecular weight is 1610 g/mol. The van der Waals surface area contributed by atoms with Crippen LogP contribution in [0.5, 0.6) is 0 Å². The number of nitrogens with zero attached hydrogens (tertiary/aromatic N) is 4. The minimum Gasteiger partial charge on any atom is -0.394 e. The molecule has 560 valence electrons. The van der Waals surface area contributed by atoms with Crippen LogP contribution >= 0.6 is 75.5 Å². The molecule has 0 spiro atoms. The fourth-order valence-electron chi connectivity index (χ4n) is 8.77. The van der Waals surface area contributed by atoms with E-state index in [1.54, 1.807) is 0 Å². The molecule has 4 aromatic heterocycles. The van der Waals surface area contributed by atoms with Gasteiger partial charge in [0.15, 0.2) is 24.9 Å². The number of rotatable bonds is 18. The fourth-order valence-corrected chi connectivity index (χ4v) is 17.4. The number of aromatic amines is 4. The van der Waals surface area contributed by atoms with E-state index in [9.17, 15) is 116 Å². The molecule has 0 saturated carbocycles. The lowest BCUT2D eigenvalue weighted by molar-refractivity contribution is -0.0551. The summed E-state index contributed by atoms with van der Waals surface area (Å²) in [6.45, 7) is 2.78. The highest BCUT2D eigenvalue weighted by molar-refractivity contribution is 8.05. The predicted octanol–water partition coefficient (Wildman–Crippen LogP) is -5.82. The van der Waals surface area contributed by atoms with Gasteiger partial charge in [-0.15, -0.1) is 0 Å². The van der Waals surface area contributed by atoms with Crippen molar-refractivity contribution >= 4 is 75.5 Å². The van der Waals surface area contributed by atoms with Crippen LogP contribution in [-0.4, -0.2) is 213 Å². The first-order chi connectivity index (χ1) is 45.3. The second-order valence-electron chi connectivity index (χ2n) is 20.8. The van der Waals surface area contributed by atoms with Crippen molar-refractivity contribution in [1.82, 2.24) is 38.2 Å². The van der Waals surface area contributed by atoms with Gasteiger partial charge in [0.05, 0.1) is 26.4 Å². The van der Waals surface area contributed by atoms with Crippen molar-refractivity contribution in [3.05, 3.63) is 130 Å². The molecule has 0 aromatic carbocycles. The minimum absolute atomic E-state index is 0.0663. The lowest BCUT2D eigenvalue weighted by Gasteiger charge is -2.27. The smallest absolute Gasteiger partial charge is 0.394 e. The average Bonchev–Trinajstić information content (AvgIpc) is 1.33. The molecule has 5 saturated heterocycles. The second kappa shape index (κ2) is 32.5. The molecule has 0 amide bonds. The number of halogens is 2. The van der Waals surface area contributed by atoms with Crippen LogP contribution in [0.2, 0.25) is 0 Å². The number of aromatic nitrogens is 8. The summed E-state index contributed by atoms with van der Waals surface area (Å²) in [5.41, 5.74) is -5.32. The number of ether oxygens (including phenoxy) is 4. The summed E-state index contributed by atoms with van der Waals surface area (Å²) in [6, 6.07) is 0. The van der Waals surface area contributed by atoms with E-state index in [2.05, 4.69) is 45.1 Å². The number of H-pyrrole nitrogens is 4. The zero-order chi connectivity index (χ0) is 74.9. The van der Waals surface area contributed by atoms with Crippen LogP contribution in [-0.2, 0) is 86.0 Å². The zero-order valence-electron chi connectivity index (χ0n) is 49.8. The highest BCUT2D eigenvalue weighted by Crippen LogP contribution is 2.80. The molecule has 50 nitrogen and oxygen atoms in total. The van der Waals surface area contributed by atoms with E-state index in [0.717, 1.165) is 30.7 Å². The summed E-state index contributed by atoms with van der Waals surface area (Å²) >= 11 is 10.4. The van der Waals surface area contributed by atoms with Gasteiger partial charge < -0.3 is 98.8 Å². The standard InChI is InChI=1S/C10H13Cl2N2O7P.C10H17N2O15P3.C10H15N2O14P3.C10H14N2O6/c1-4-2-14(10(18)13-8(4)17)9-7(16)6(15)5(21-9)3-20-22(11,12)19;1-4-2-12(10(16)11-8(4)15)9-7(14)6(13)5(25-9)3-24-29(20,21)27-30(22,23)26-28(17,18)19;1-4-2-12(10(16)11-8(4)15)9-7(14)6(13)5(23-9)3-22-29(21)25-27(17,18)24-28(19,20)26-29;1-4-2-12(10(17)11-8(4)16)9-7(15)6(14)5(3-13)18-9/h2,5-7,9,15-16H,3H2,1H3,(H,13,17,18);2,5-7,9,13-14H,3H2,1H3,(H,20,21)(H,22,23)(H,11,15,16)(H2,17,18,19);2,5-7,9,13-14H,3H2,1H3,(H,17,18)(H,19,20)(H,11,15,16);2,5-7,9,13-15H,3H2,1H3,(H,11,16,17)/t4*5-,6+,7?,9-/m1111/s1. The third-order valence-corrected chi connectivity index (χ3v) is 23.6. The van der Waals surface area contributed by atoms with Crippen molar-refractivity contribution < 1.29 is 161 Å². The number of phosphoric ester groups is 1. The molecule has 59 heteroatoms. The molecule has 20 atom stereocenters. The van der Waals surface area contributed by atoms with Crippen molar-refractivity contribution in [3.8, 4) is 0 Å². The Balaban J connectivity index is 0.000000212. The molecular formula is C40H59Cl2N8O42P7. The lowest BCUT2D eigenvalue weighted by Crippen LogP contribution is -2.38. The molecule has 5 aliphatic rings. The molecule has 0 aliphatic carbocycles. The lowest BCUT2D eigenvalue weighted by atomic mass is 10.1. The van der Waals surface area contributed by atoms with Gasteiger partial charge in [-0.05, 0) is 50.2 Å². The number of aliphatic hydroxyl groups is 9. The third kappa shape index (κ3) is 22.0. The number of phosphoric acid groups is 6. The molecule has 5 fully saturated rings. The Morgan fingerprint density at radius 2 is 0.727 bits per heavy atom. The van der Waals surface area contributed by atoms with Crippen molar-refractivity contribution in [2.75, 3.05) is 26.4 Å². The van der Waals surface area contributed by atoms with Crippen LogP contribution in [0.15, 0.2) is 63.1 Å². The van der Waals surface area contributed by atoms with Crippen LogP contribution in [0.4, 0.5) is 0 Å². The topological polar surface area (TPSA) is 753 Å². The highest BCUT2D eigenvalue weighted by Gasteiger charge is 2.56. The van der Waals surface area contributed by atoms with Crippen LogP contribution in [0.25, 0.3) is 0 Å². The number of nitrogens with one attached hydrogen (secondary N) is 4. The molecule has 5 aliphatic heterocycles. The SMILES string of the molecule is Cc1cn([C@@H]2O[C@H](CO)[C@H](O)C2O)c(=O)[nH]c1=O.Cc1cn([C@@H]2O[C@H](COP(=O)(Cl)Cl)[C@H](O)C2O)c(=O)[nH]c1=O.Cc1cn([C@@H]2O[C@H](COP(=O)(O)OP(=O)(O)OP(=O)(O)O)[C@H](O)C2O)c(=O)[nH]c1=O.Cc1cn([C@@H]2O[C@H](COP3(=O)OP(=O)(O)OP(=O)(O)O3)[C@H](O)C2O)c(=O)[nH]c1=O. The number of hydrogen-bond acceptors (Lipinski definition) is 36. The quantitative estimate of drug-likeness (QED) is 0.0413. The summed E-state index contributed by atoms with van der Waals surface area (Å²) in [6.07, 6.45) is -22.4. The highest BCUT2D eigenvalue weighted by atomic mass is 35.9. The first-order valence-corrected chi connectivity index (χ1v) is 39.1. The number of aliphatic hydroxyl groups excluding tert-OH is 9. The Hall–Kier alpha value is -4.17. The van der Waals surface area contributed by atoms with Gasteiger partial charge in [-0.25, -0.2) is 46.6 Å². The van der Waals surface area contributed by atoms with E-state index in [1.807, 2.05) is 9.97 Å². The van der Waals surface area contributed by atoms with E-state index in [4.69, 9.17) is 71.0 Å². The normalized spacial score (nSPS) is 33.5. The monoisotopic (exact) mass is 1610 g/mol. The van der Waals surface area contributed by atoms with Gasteiger partial charge in [-0.3, -0.25) is 71.0 Å². The van der Waals surface area contributed by atoms with Gasteiger partial charge in [0.25, 0.3) is 22.2 Å².